The van der Waals surface area contributed by atoms with Gasteiger partial charge in [-0.1, -0.05) is 19.3 Å². The highest BCUT2D eigenvalue weighted by Crippen LogP contribution is 2.33. The lowest BCUT2D eigenvalue weighted by molar-refractivity contribution is -0.152. The van der Waals surface area contributed by atoms with Crippen molar-refractivity contribution in [3.05, 3.63) is 0 Å². The summed E-state index contributed by atoms with van der Waals surface area (Å²) in [5, 5.41) is 2.93. The molecule has 1 amide bonds. The van der Waals surface area contributed by atoms with E-state index in [-0.39, 0.29) is 17.8 Å². The number of esters is 1. The lowest BCUT2D eigenvalue weighted by Crippen LogP contribution is -2.56. The van der Waals surface area contributed by atoms with Gasteiger partial charge in [-0.3, -0.25) is 4.79 Å². The molecule has 1 N–H and O–H groups in total. The summed E-state index contributed by atoms with van der Waals surface area (Å²) in [5.41, 5.74) is -0.729. The fourth-order valence-electron chi connectivity index (χ4n) is 2.41. The third-order valence-electron chi connectivity index (χ3n) is 3.59. The van der Waals surface area contributed by atoms with E-state index in [9.17, 15) is 9.59 Å². The van der Waals surface area contributed by atoms with Gasteiger partial charge >= 0.3 is 5.97 Å². The van der Waals surface area contributed by atoms with Crippen LogP contribution in [0.3, 0.4) is 0 Å². The first-order valence-corrected chi connectivity index (χ1v) is 6.08. The van der Waals surface area contributed by atoms with Crippen LogP contribution in [0.1, 0.15) is 44.9 Å². The standard InChI is InChI=1S/C12H19NO3/c1-16-11(15)12(7-3-2-4-8-12)13-10(14)9-5-6-9/h9H,2-8H2,1H3,(H,13,14). The first kappa shape index (κ1) is 11.4. The van der Waals surface area contributed by atoms with Crippen molar-refractivity contribution in [2.75, 3.05) is 7.11 Å². The van der Waals surface area contributed by atoms with Crippen LogP contribution in [-0.2, 0) is 14.3 Å². The summed E-state index contributed by atoms with van der Waals surface area (Å²) >= 11 is 0. The Morgan fingerprint density at radius 1 is 1.19 bits per heavy atom. The Morgan fingerprint density at radius 3 is 2.31 bits per heavy atom. The van der Waals surface area contributed by atoms with Gasteiger partial charge in [-0.15, -0.1) is 0 Å². The molecule has 0 spiro atoms. The number of methoxy groups -OCH3 is 1. The molecular formula is C12H19NO3. The van der Waals surface area contributed by atoms with E-state index in [2.05, 4.69) is 5.32 Å². The smallest absolute Gasteiger partial charge is 0.331 e. The normalized spacial score (nSPS) is 23.6. The Labute approximate surface area is 95.7 Å². The molecule has 2 aliphatic carbocycles. The predicted octanol–water partition coefficient (Wildman–Crippen LogP) is 1.39. The van der Waals surface area contributed by atoms with Gasteiger partial charge in [0.15, 0.2) is 0 Å². The molecule has 0 heterocycles. The van der Waals surface area contributed by atoms with E-state index < -0.39 is 5.54 Å². The number of hydrogen-bond acceptors (Lipinski definition) is 3. The topological polar surface area (TPSA) is 55.4 Å². The van der Waals surface area contributed by atoms with Crippen LogP contribution >= 0.6 is 0 Å². The number of hydrogen-bond donors (Lipinski definition) is 1. The van der Waals surface area contributed by atoms with Crippen LogP contribution in [0, 0.1) is 5.92 Å². The minimum atomic E-state index is -0.729. The highest BCUT2D eigenvalue weighted by Gasteiger charge is 2.44. The van der Waals surface area contributed by atoms with Crippen molar-refractivity contribution < 1.29 is 14.3 Å². The van der Waals surface area contributed by atoms with Crippen molar-refractivity contribution in [1.29, 1.82) is 0 Å². The number of amides is 1. The van der Waals surface area contributed by atoms with E-state index in [4.69, 9.17) is 4.74 Å². The maximum atomic E-state index is 11.8. The molecule has 2 rings (SSSR count). The van der Waals surface area contributed by atoms with Crippen molar-refractivity contribution in [2.45, 2.75) is 50.5 Å². The van der Waals surface area contributed by atoms with Gasteiger partial charge in [-0.05, 0) is 25.7 Å². The number of carbonyl (C=O) groups excluding carboxylic acids is 2. The summed E-state index contributed by atoms with van der Waals surface area (Å²) in [7, 11) is 1.39. The molecule has 0 aliphatic heterocycles. The van der Waals surface area contributed by atoms with Crippen molar-refractivity contribution >= 4 is 11.9 Å². The van der Waals surface area contributed by atoms with Crippen LogP contribution in [0.4, 0.5) is 0 Å². The quantitative estimate of drug-likeness (QED) is 0.738. The zero-order valence-electron chi connectivity index (χ0n) is 9.75. The maximum Gasteiger partial charge on any atom is 0.331 e. The average Bonchev–Trinajstić information content (AvgIpc) is 3.13. The number of ether oxygens (including phenoxy) is 1. The molecule has 0 saturated heterocycles. The molecule has 0 aromatic carbocycles. The molecule has 4 heteroatoms. The fourth-order valence-corrected chi connectivity index (χ4v) is 2.41. The van der Waals surface area contributed by atoms with Gasteiger partial charge in [0, 0.05) is 5.92 Å². The Bertz CT molecular complexity index is 291. The average molecular weight is 225 g/mol. The van der Waals surface area contributed by atoms with Crippen molar-refractivity contribution in [1.82, 2.24) is 5.32 Å². The fraction of sp³-hybridized carbons (Fsp3) is 0.833. The number of nitrogens with one attached hydrogen (secondary N) is 1. The van der Waals surface area contributed by atoms with Crippen LogP contribution in [-0.4, -0.2) is 24.5 Å². The van der Waals surface area contributed by atoms with Gasteiger partial charge in [0.25, 0.3) is 0 Å². The molecule has 16 heavy (non-hydrogen) atoms. The SMILES string of the molecule is COC(=O)C1(NC(=O)C2CC2)CCCCC1. The van der Waals surface area contributed by atoms with E-state index in [1.54, 1.807) is 0 Å². The van der Waals surface area contributed by atoms with Crippen molar-refractivity contribution in [3.63, 3.8) is 0 Å². The summed E-state index contributed by atoms with van der Waals surface area (Å²) in [4.78, 5) is 23.6. The highest BCUT2D eigenvalue weighted by atomic mass is 16.5. The minimum absolute atomic E-state index is 0.0345. The molecular weight excluding hydrogens is 206 g/mol. The van der Waals surface area contributed by atoms with E-state index >= 15 is 0 Å². The molecule has 0 aromatic heterocycles. The van der Waals surface area contributed by atoms with Gasteiger partial charge in [-0.2, -0.15) is 0 Å². The lowest BCUT2D eigenvalue weighted by Gasteiger charge is -2.35. The second-order valence-corrected chi connectivity index (χ2v) is 4.90. The monoisotopic (exact) mass is 225 g/mol. The van der Waals surface area contributed by atoms with E-state index in [1.807, 2.05) is 0 Å². The van der Waals surface area contributed by atoms with E-state index in [1.165, 1.54) is 7.11 Å². The Kier molecular flexibility index (Phi) is 3.17. The van der Waals surface area contributed by atoms with Gasteiger partial charge in [0.05, 0.1) is 7.11 Å². The van der Waals surface area contributed by atoms with Crippen molar-refractivity contribution in [2.24, 2.45) is 5.92 Å². The molecule has 0 aromatic rings. The molecule has 90 valence electrons. The molecule has 0 atom stereocenters. The molecule has 2 fully saturated rings. The van der Waals surface area contributed by atoms with Gasteiger partial charge in [0.1, 0.15) is 5.54 Å². The van der Waals surface area contributed by atoms with Crippen LogP contribution in [0.15, 0.2) is 0 Å². The van der Waals surface area contributed by atoms with Gasteiger partial charge in [0.2, 0.25) is 5.91 Å². The number of rotatable bonds is 3. The van der Waals surface area contributed by atoms with Gasteiger partial charge < -0.3 is 10.1 Å². The molecule has 4 nitrogen and oxygen atoms in total. The van der Waals surface area contributed by atoms with Crippen LogP contribution in [0.2, 0.25) is 0 Å². The second-order valence-electron chi connectivity index (χ2n) is 4.90. The molecule has 2 aliphatic rings. The summed E-state index contributed by atoms with van der Waals surface area (Å²) < 4.78 is 4.84. The zero-order chi connectivity index (χ0) is 11.6. The highest BCUT2D eigenvalue weighted by molar-refractivity contribution is 5.90. The van der Waals surface area contributed by atoms with E-state index in [0.717, 1.165) is 44.9 Å². The molecule has 0 bridgehead atoms. The first-order valence-electron chi connectivity index (χ1n) is 6.08. The van der Waals surface area contributed by atoms with Gasteiger partial charge in [-0.25, -0.2) is 4.79 Å². The Morgan fingerprint density at radius 2 is 1.81 bits per heavy atom. The van der Waals surface area contributed by atoms with Crippen LogP contribution < -0.4 is 5.32 Å². The summed E-state index contributed by atoms with van der Waals surface area (Å²) in [5.74, 6) is -0.100. The van der Waals surface area contributed by atoms with E-state index in [0.29, 0.717) is 0 Å². The van der Waals surface area contributed by atoms with Crippen LogP contribution in [0.5, 0.6) is 0 Å². The minimum Gasteiger partial charge on any atom is -0.467 e. The third-order valence-corrected chi connectivity index (χ3v) is 3.59. The zero-order valence-corrected chi connectivity index (χ0v) is 9.75. The molecule has 0 unspecified atom stereocenters. The summed E-state index contributed by atoms with van der Waals surface area (Å²) in [6, 6.07) is 0. The Balaban J connectivity index is 2.06. The van der Waals surface area contributed by atoms with Crippen LogP contribution in [0.25, 0.3) is 0 Å². The van der Waals surface area contributed by atoms with Crippen molar-refractivity contribution in [3.8, 4) is 0 Å². The number of carbonyl (C=O) groups is 2. The summed E-state index contributed by atoms with van der Waals surface area (Å²) in [6.07, 6.45) is 6.47. The Hall–Kier alpha value is -1.06. The maximum absolute atomic E-state index is 11.8. The molecule has 0 radical (unpaired) electrons. The second kappa shape index (κ2) is 4.44. The molecule has 2 saturated carbocycles. The lowest BCUT2D eigenvalue weighted by atomic mass is 9.81. The largest absolute Gasteiger partial charge is 0.467 e. The summed E-state index contributed by atoms with van der Waals surface area (Å²) in [6.45, 7) is 0. The first-order chi connectivity index (χ1) is 7.68. The third kappa shape index (κ3) is 2.20. The predicted molar refractivity (Wildman–Crippen MR) is 58.7 cm³/mol.